The molecule has 0 aliphatic carbocycles. The van der Waals surface area contributed by atoms with E-state index >= 15 is 0 Å². The van der Waals surface area contributed by atoms with Crippen molar-refractivity contribution in [2.24, 2.45) is 0 Å². The second kappa shape index (κ2) is 11.7. The van der Waals surface area contributed by atoms with Crippen LogP contribution in [-0.4, -0.2) is 35.7 Å². The molecule has 0 saturated carbocycles. The van der Waals surface area contributed by atoms with Crippen LogP contribution in [-0.2, 0) is 32.0 Å². The molecule has 1 aromatic carbocycles. The summed E-state index contributed by atoms with van der Waals surface area (Å²) in [5.41, 5.74) is 1.45. The van der Waals surface area contributed by atoms with Crippen LogP contribution in [0.4, 0.5) is 5.69 Å². The highest BCUT2D eigenvalue weighted by Crippen LogP contribution is 2.72. The van der Waals surface area contributed by atoms with Gasteiger partial charge in [-0.3, -0.25) is 13.9 Å². The Morgan fingerprint density at radius 3 is 1.32 bits per heavy atom. The fourth-order valence-corrected chi connectivity index (χ4v) is 8.41. The van der Waals surface area contributed by atoms with E-state index in [0.29, 0.717) is 5.69 Å². The Morgan fingerprint density at radius 1 is 0.710 bits per heavy atom. The maximum absolute atomic E-state index is 14.0. The summed E-state index contributed by atoms with van der Waals surface area (Å²) >= 11 is 0. The first-order chi connectivity index (χ1) is 14.2. The average Bonchev–Trinajstić information content (AvgIpc) is 2.53. The molecule has 0 aromatic heterocycles. The maximum Gasteiger partial charge on any atom is 0.355 e. The molecule has 10 heteroatoms. The lowest BCUT2D eigenvalue weighted by Gasteiger charge is -2.34. The first-order valence-electron chi connectivity index (χ1n) is 10.5. The molecule has 0 aliphatic rings. The van der Waals surface area contributed by atoms with Crippen molar-refractivity contribution in [3.05, 3.63) is 29.8 Å². The van der Waals surface area contributed by atoms with Crippen LogP contribution in [0.3, 0.4) is 0 Å². The molecule has 0 unspecified atom stereocenters. The lowest BCUT2D eigenvalue weighted by atomic mass is 10.2. The molecule has 178 valence electrons. The molecular weight excluding hydrogens is 440 g/mol. The fourth-order valence-electron chi connectivity index (χ4n) is 2.76. The topological polar surface area (TPSA) is 100 Å². The number of hydrogen-bond acceptors (Lipinski definition) is 7. The van der Waals surface area contributed by atoms with Crippen LogP contribution in [0.25, 0.3) is 0 Å². The zero-order valence-corrected chi connectivity index (χ0v) is 21.7. The minimum Gasteiger partial charge on any atom is -0.325 e. The number of rotatable bonds is 12. The monoisotopic (exact) mass is 477 g/mol. The van der Waals surface area contributed by atoms with Gasteiger partial charge in [0.1, 0.15) is 0 Å². The Hall–Kier alpha value is -1.01. The van der Waals surface area contributed by atoms with E-state index in [1.165, 1.54) is 0 Å². The Balaban J connectivity index is 3.60. The highest BCUT2D eigenvalue weighted by molar-refractivity contribution is 7.74. The maximum atomic E-state index is 14.0. The van der Waals surface area contributed by atoms with Gasteiger partial charge in [0.15, 0.2) is 0 Å². The van der Waals surface area contributed by atoms with Gasteiger partial charge < -0.3 is 23.4 Å². The number of nitrogens with one attached hydrogen (secondary N) is 1. The van der Waals surface area contributed by atoms with Crippen molar-refractivity contribution < 1.29 is 32.0 Å². The number of hydrogen-bond donors (Lipinski definition) is 1. The fraction of sp³-hybridized carbons (Fsp3) is 0.667. The Kier molecular flexibility index (Phi) is 10.6. The third kappa shape index (κ3) is 8.80. The molecule has 0 bridgehead atoms. The van der Waals surface area contributed by atoms with Gasteiger partial charge >= 0.3 is 15.2 Å². The molecule has 8 nitrogen and oxygen atoms in total. The molecule has 0 aliphatic heterocycles. The summed E-state index contributed by atoms with van der Waals surface area (Å²) < 4.78 is 50.5. The van der Waals surface area contributed by atoms with Crippen molar-refractivity contribution in [1.82, 2.24) is 0 Å². The van der Waals surface area contributed by atoms with Crippen LogP contribution in [0.1, 0.15) is 61.0 Å². The third-order valence-electron chi connectivity index (χ3n) is 3.58. The van der Waals surface area contributed by atoms with Crippen LogP contribution < -0.4 is 5.32 Å². The molecule has 31 heavy (non-hydrogen) atoms. The summed E-state index contributed by atoms with van der Waals surface area (Å²) in [4.78, 5) is 13.4. The molecule has 0 radical (unpaired) electrons. The summed E-state index contributed by atoms with van der Waals surface area (Å²) in [5.74, 6) is -0.821. The van der Waals surface area contributed by atoms with E-state index in [4.69, 9.17) is 18.1 Å². The first kappa shape index (κ1) is 28.0. The summed E-state index contributed by atoms with van der Waals surface area (Å²) in [6, 6.07) is 7.02. The standard InChI is InChI=1S/C21H37NO7P2/c1-14(2)26-30(24,27-15(3)4)21(31(25,28-16(5)6)29-17(7)8)20(23)22-19-12-10-18(9)11-13-19/h10-17,21H,1-9H3,(H,22,23). The second-order valence-corrected chi connectivity index (χ2v) is 12.9. The molecule has 1 N–H and O–H groups in total. The summed E-state index contributed by atoms with van der Waals surface area (Å²) in [6.45, 7) is 15.2. The normalized spacial score (nSPS) is 13.1. The van der Waals surface area contributed by atoms with Crippen LogP contribution in [0.2, 0.25) is 0 Å². The van der Waals surface area contributed by atoms with E-state index in [1.807, 2.05) is 19.1 Å². The van der Waals surface area contributed by atoms with Crippen molar-refractivity contribution in [1.29, 1.82) is 0 Å². The van der Waals surface area contributed by atoms with Gasteiger partial charge in [-0.05, 0) is 74.4 Å². The lowest BCUT2D eigenvalue weighted by Crippen LogP contribution is -2.33. The molecule has 0 heterocycles. The van der Waals surface area contributed by atoms with Crippen molar-refractivity contribution >= 4 is 26.8 Å². The highest BCUT2D eigenvalue weighted by atomic mass is 31.2. The summed E-state index contributed by atoms with van der Waals surface area (Å²) in [5, 5.41) is 0.861. The predicted molar refractivity (Wildman–Crippen MR) is 124 cm³/mol. The first-order valence-corrected chi connectivity index (χ1v) is 13.7. The number of amides is 1. The van der Waals surface area contributed by atoms with E-state index in [2.05, 4.69) is 5.32 Å². The van der Waals surface area contributed by atoms with Gasteiger partial charge in [0.25, 0.3) is 5.91 Å². The van der Waals surface area contributed by atoms with E-state index in [9.17, 15) is 13.9 Å². The SMILES string of the molecule is Cc1ccc(NC(=O)C(P(=O)(OC(C)C)OC(C)C)P(=O)(OC(C)C)OC(C)C)cc1. The van der Waals surface area contributed by atoms with Crippen molar-refractivity contribution in [2.75, 3.05) is 5.32 Å². The van der Waals surface area contributed by atoms with Gasteiger partial charge in [0.2, 0.25) is 5.40 Å². The summed E-state index contributed by atoms with van der Waals surface area (Å²) in [6.07, 6.45) is -2.26. The smallest absolute Gasteiger partial charge is 0.325 e. The number of carbonyl (C=O) groups is 1. The van der Waals surface area contributed by atoms with Crippen molar-refractivity contribution in [2.45, 2.75) is 92.1 Å². The van der Waals surface area contributed by atoms with E-state index < -0.39 is 50.9 Å². The van der Waals surface area contributed by atoms with Gasteiger partial charge in [0.05, 0.1) is 24.4 Å². The van der Waals surface area contributed by atoms with Gasteiger partial charge in [0, 0.05) is 5.69 Å². The van der Waals surface area contributed by atoms with E-state index in [-0.39, 0.29) is 0 Å². The third-order valence-corrected chi connectivity index (χ3v) is 9.81. The molecule has 1 rings (SSSR count). The molecular formula is C21H37NO7P2. The van der Waals surface area contributed by atoms with Crippen LogP contribution >= 0.6 is 15.2 Å². The number of carbonyl (C=O) groups excluding carboxylic acids is 1. The summed E-state index contributed by atoms with van der Waals surface area (Å²) in [7, 11) is -8.61. The zero-order valence-electron chi connectivity index (χ0n) is 19.9. The Labute approximate surface area is 186 Å². The van der Waals surface area contributed by atoms with Crippen molar-refractivity contribution in [3.8, 4) is 0 Å². The molecule has 0 fully saturated rings. The van der Waals surface area contributed by atoms with Gasteiger partial charge in [-0.2, -0.15) is 0 Å². The minimum absolute atomic E-state index is 0.446. The number of aryl methyl sites for hydroxylation is 1. The zero-order chi connectivity index (χ0) is 24.0. The lowest BCUT2D eigenvalue weighted by molar-refractivity contribution is -0.115. The highest BCUT2D eigenvalue weighted by Gasteiger charge is 2.57. The van der Waals surface area contributed by atoms with Crippen LogP contribution in [0.5, 0.6) is 0 Å². The predicted octanol–water partition coefficient (Wildman–Crippen LogP) is 6.35. The Bertz CT molecular complexity index is 740. The van der Waals surface area contributed by atoms with Gasteiger partial charge in [-0.1, -0.05) is 17.7 Å². The second-order valence-electron chi connectivity index (χ2n) is 8.43. The van der Waals surface area contributed by atoms with E-state index in [1.54, 1.807) is 67.5 Å². The number of benzene rings is 1. The molecule has 0 saturated heterocycles. The van der Waals surface area contributed by atoms with Gasteiger partial charge in [-0.25, -0.2) is 0 Å². The Morgan fingerprint density at radius 2 is 1.03 bits per heavy atom. The average molecular weight is 477 g/mol. The molecule has 1 aromatic rings. The minimum atomic E-state index is -4.30. The van der Waals surface area contributed by atoms with Crippen LogP contribution in [0, 0.1) is 6.92 Å². The quantitative estimate of drug-likeness (QED) is 0.350. The van der Waals surface area contributed by atoms with E-state index in [0.717, 1.165) is 5.56 Å². The molecule has 1 amide bonds. The number of anilines is 1. The van der Waals surface area contributed by atoms with Gasteiger partial charge in [-0.15, -0.1) is 0 Å². The largest absolute Gasteiger partial charge is 0.355 e. The van der Waals surface area contributed by atoms with Crippen molar-refractivity contribution in [3.63, 3.8) is 0 Å². The van der Waals surface area contributed by atoms with Crippen LogP contribution in [0.15, 0.2) is 24.3 Å². The molecule has 0 atom stereocenters. The molecule has 0 spiro atoms.